The molecule has 0 radical (unpaired) electrons. The lowest BCUT2D eigenvalue weighted by Gasteiger charge is -2.00. The quantitative estimate of drug-likeness (QED) is 0.246. The fraction of sp³-hybridized carbons (Fsp3) is 0. The number of aliphatic imine (C=N–C) groups is 2. The van der Waals surface area contributed by atoms with E-state index in [0.29, 0.717) is 0 Å². The number of nitrogens with two attached hydrogens (primary N) is 3. The summed E-state index contributed by atoms with van der Waals surface area (Å²) in [5.74, 6) is -2.05. The molecule has 0 bridgehead atoms. The number of aromatic carboxylic acids is 1. The number of carboxylic acid groups (broad SMARTS) is 1. The molecule has 0 aliphatic heterocycles. The first-order valence-electron chi connectivity index (χ1n) is 4.76. The number of rotatable bonds is 3. The van der Waals surface area contributed by atoms with Gasteiger partial charge >= 0.3 is 5.97 Å². The van der Waals surface area contributed by atoms with Gasteiger partial charge in [-0.2, -0.15) is 4.99 Å². The number of guanidine groups is 2. The van der Waals surface area contributed by atoms with Gasteiger partial charge in [-0.1, -0.05) is 0 Å². The number of nitro groups is 1. The summed E-state index contributed by atoms with van der Waals surface area (Å²) in [5.41, 5.74) is 14.5. The molecule has 19 heavy (non-hydrogen) atoms. The third-order valence-corrected chi connectivity index (χ3v) is 1.90. The molecule has 0 aliphatic rings. The van der Waals surface area contributed by atoms with E-state index in [1.54, 1.807) is 0 Å². The summed E-state index contributed by atoms with van der Waals surface area (Å²) in [6.45, 7) is 0. The van der Waals surface area contributed by atoms with Gasteiger partial charge in [0.2, 0.25) is 5.96 Å². The Morgan fingerprint density at radius 2 is 1.95 bits per heavy atom. The van der Waals surface area contributed by atoms with E-state index in [1.807, 2.05) is 0 Å². The van der Waals surface area contributed by atoms with Gasteiger partial charge in [0.15, 0.2) is 5.96 Å². The van der Waals surface area contributed by atoms with Gasteiger partial charge in [0.05, 0.1) is 10.6 Å². The average Bonchev–Trinajstić information content (AvgIpc) is 2.27. The monoisotopic (exact) mass is 266 g/mol. The molecule has 1 rings (SSSR count). The van der Waals surface area contributed by atoms with Crippen LogP contribution in [0.5, 0.6) is 0 Å². The van der Waals surface area contributed by atoms with E-state index in [2.05, 4.69) is 9.98 Å². The molecule has 0 unspecified atom stereocenters. The third kappa shape index (κ3) is 3.66. The molecule has 1 aromatic carbocycles. The lowest BCUT2D eigenvalue weighted by atomic mass is 10.1. The number of benzene rings is 1. The maximum Gasteiger partial charge on any atom is 0.342 e. The number of nitrogens with zero attached hydrogens (tertiary/aromatic N) is 3. The average molecular weight is 266 g/mol. The minimum Gasteiger partial charge on any atom is -0.477 e. The predicted octanol–water partition coefficient (Wildman–Crippen LogP) is -0.487. The van der Waals surface area contributed by atoms with Gasteiger partial charge in [-0.15, -0.1) is 0 Å². The van der Waals surface area contributed by atoms with Crippen LogP contribution in [0.3, 0.4) is 0 Å². The highest BCUT2D eigenvalue weighted by Crippen LogP contribution is 2.25. The number of hydrogen-bond donors (Lipinski definition) is 4. The second kappa shape index (κ2) is 5.44. The Bertz CT molecular complexity index is 590. The highest BCUT2D eigenvalue weighted by atomic mass is 16.6. The first-order valence-corrected chi connectivity index (χ1v) is 4.76. The number of carboxylic acids is 1. The van der Waals surface area contributed by atoms with Gasteiger partial charge in [0.25, 0.3) is 5.69 Å². The van der Waals surface area contributed by atoms with E-state index >= 15 is 0 Å². The van der Waals surface area contributed by atoms with Gasteiger partial charge in [-0.3, -0.25) is 10.1 Å². The summed E-state index contributed by atoms with van der Waals surface area (Å²) in [7, 11) is 0. The maximum atomic E-state index is 10.8. The second-order valence-electron chi connectivity index (χ2n) is 3.27. The Morgan fingerprint density at radius 3 is 2.42 bits per heavy atom. The van der Waals surface area contributed by atoms with Gasteiger partial charge < -0.3 is 22.3 Å². The van der Waals surface area contributed by atoms with Crippen molar-refractivity contribution in [3.63, 3.8) is 0 Å². The molecule has 0 saturated heterocycles. The minimum atomic E-state index is -1.42. The summed E-state index contributed by atoms with van der Waals surface area (Å²) in [5, 5.41) is 19.5. The Morgan fingerprint density at radius 1 is 1.32 bits per heavy atom. The molecule has 0 aromatic heterocycles. The lowest BCUT2D eigenvalue weighted by Crippen LogP contribution is -2.26. The summed E-state index contributed by atoms with van der Waals surface area (Å²) < 4.78 is 0. The van der Waals surface area contributed by atoms with E-state index in [9.17, 15) is 14.9 Å². The zero-order valence-electron chi connectivity index (χ0n) is 9.48. The van der Waals surface area contributed by atoms with Gasteiger partial charge in [0.1, 0.15) is 5.56 Å². The molecule has 10 nitrogen and oxygen atoms in total. The Labute approximate surface area is 106 Å². The number of carbonyl (C=O) groups is 1. The van der Waals surface area contributed by atoms with Crippen LogP contribution in [0.4, 0.5) is 11.4 Å². The normalized spacial score (nSPS) is 10.8. The Balaban J connectivity index is 3.27. The molecule has 0 fully saturated rings. The SMILES string of the molecule is NC(N)=NC(N)=Nc1ccc(C(=O)O)c([N+](=O)[O-])c1. The summed E-state index contributed by atoms with van der Waals surface area (Å²) >= 11 is 0. The highest BCUT2D eigenvalue weighted by Gasteiger charge is 2.19. The first-order chi connectivity index (χ1) is 8.81. The molecule has 0 amide bonds. The van der Waals surface area contributed by atoms with Crippen molar-refractivity contribution in [2.45, 2.75) is 0 Å². The van der Waals surface area contributed by atoms with Crippen LogP contribution in [-0.4, -0.2) is 27.9 Å². The largest absolute Gasteiger partial charge is 0.477 e. The van der Waals surface area contributed by atoms with E-state index in [4.69, 9.17) is 22.3 Å². The van der Waals surface area contributed by atoms with E-state index < -0.39 is 22.1 Å². The van der Waals surface area contributed by atoms with Crippen LogP contribution in [-0.2, 0) is 0 Å². The Kier molecular flexibility index (Phi) is 3.98. The minimum absolute atomic E-state index is 0.0548. The van der Waals surface area contributed by atoms with Crippen LogP contribution in [0, 0.1) is 10.1 Å². The predicted molar refractivity (Wildman–Crippen MR) is 67.1 cm³/mol. The summed E-state index contributed by atoms with van der Waals surface area (Å²) in [4.78, 5) is 27.8. The van der Waals surface area contributed by atoms with Crippen molar-refractivity contribution in [2.24, 2.45) is 27.2 Å². The molecular weight excluding hydrogens is 256 g/mol. The molecule has 0 heterocycles. The van der Waals surface area contributed by atoms with Gasteiger partial charge in [-0.05, 0) is 12.1 Å². The molecular formula is C9H10N6O4. The molecule has 100 valence electrons. The standard InChI is InChI=1S/C9H10N6O4/c10-8(11)14-9(12)13-4-1-2-5(7(16)17)6(3-4)15(18)19/h1-3H,(H,16,17)(H6,10,11,12,13,14). The third-order valence-electron chi connectivity index (χ3n) is 1.90. The molecule has 0 aliphatic carbocycles. The van der Waals surface area contributed by atoms with Crippen molar-refractivity contribution in [2.75, 3.05) is 0 Å². The van der Waals surface area contributed by atoms with Crippen molar-refractivity contribution in [1.82, 2.24) is 0 Å². The number of nitro benzene ring substituents is 1. The van der Waals surface area contributed by atoms with Crippen molar-refractivity contribution in [1.29, 1.82) is 0 Å². The Hall–Kier alpha value is -3.17. The van der Waals surface area contributed by atoms with Crippen molar-refractivity contribution in [3.05, 3.63) is 33.9 Å². The van der Waals surface area contributed by atoms with E-state index in [1.165, 1.54) is 6.07 Å². The topological polar surface area (TPSA) is 183 Å². The van der Waals surface area contributed by atoms with Crippen LogP contribution in [0.15, 0.2) is 28.2 Å². The van der Waals surface area contributed by atoms with E-state index in [-0.39, 0.29) is 17.6 Å². The molecule has 7 N–H and O–H groups in total. The smallest absolute Gasteiger partial charge is 0.342 e. The molecule has 1 aromatic rings. The first kappa shape index (κ1) is 13.9. The maximum absolute atomic E-state index is 10.8. The van der Waals surface area contributed by atoms with E-state index in [0.717, 1.165) is 12.1 Å². The molecule has 0 saturated carbocycles. The fourth-order valence-electron chi connectivity index (χ4n) is 1.21. The van der Waals surface area contributed by atoms with Crippen molar-refractivity contribution < 1.29 is 14.8 Å². The van der Waals surface area contributed by atoms with Crippen LogP contribution in [0.25, 0.3) is 0 Å². The summed E-state index contributed by atoms with van der Waals surface area (Å²) in [6, 6.07) is 3.24. The van der Waals surface area contributed by atoms with Crippen LogP contribution in [0.2, 0.25) is 0 Å². The van der Waals surface area contributed by atoms with Crippen LogP contribution >= 0.6 is 0 Å². The zero-order chi connectivity index (χ0) is 14.6. The van der Waals surface area contributed by atoms with Crippen molar-refractivity contribution in [3.8, 4) is 0 Å². The number of hydrogen-bond acceptors (Lipinski definition) is 4. The highest BCUT2D eigenvalue weighted by molar-refractivity contribution is 5.95. The van der Waals surface area contributed by atoms with Crippen LogP contribution in [0.1, 0.15) is 10.4 Å². The van der Waals surface area contributed by atoms with Gasteiger partial charge in [0, 0.05) is 6.07 Å². The molecule has 0 atom stereocenters. The lowest BCUT2D eigenvalue weighted by molar-refractivity contribution is -0.385. The molecule has 10 heteroatoms. The fourth-order valence-corrected chi connectivity index (χ4v) is 1.21. The zero-order valence-corrected chi connectivity index (χ0v) is 9.48. The second-order valence-corrected chi connectivity index (χ2v) is 3.27. The van der Waals surface area contributed by atoms with Crippen LogP contribution < -0.4 is 17.2 Å². The van der Waals surface area contributed by atoms with Gasteiger partial charge in [-0.25, -0.2) is 9.79 Å². The summed E-state index contributed by atoms with van der Waals surface area (Å²) in [6.07, 6.45) is 0. The van der Waals surface area contributed by atoms with Crippen molar-refractivity contribution >= 4 is 29.3 Å². The molecule has 0 spiro atoms.